The van der Waals surface area contributed by atoms with Crippen molar-refractivity contribution in [3.63, 3.8) is 0 Å². The second-order valence-corrected chi connectivity index (χ2v) is 9.72. The van der Waals surface area contributed by atoms with Crippen LogP contribution >= 0.6 is 0 Å². The van der Waals surface area contributed by atoms with Gasteiger partial charge >= 0.3 is 0 Å². The number of rotatable bonds is 7. The Labute approximate surface area is 190 Å². The van der Waals surface area contributed by atoms with Gasteiger partial charge in [-0.05, 0) is 23.3 Å². The zero-order chi connectivity index (χ0) is 23.6. The third-order valence-electron chi connectivity index (χ3n) is 5.46. The first-order valence-electron chi connectivity index (χ1n) is 10.1. The summed E-state index contributed by atoms with van der Waals surface area (Å²) in [4.78, 5) is 26.4. The molecule has 1 heterocycles. The molecule has 0 aliphatic rings. The maximum Gasteiger partial charge on any atom is 0.271 e. The van der Waals surface area contributed by atoms with Crippen molar-refractivity contribution in [2.45, 2.75) is 10.8 Å². The third kappa shape index (κ3) is 4.78. The van der Waals surface area contributed by atoms with Crippen molar-refractivity contribution >= 4 is 32.3 Å². The highest BCUT2D eigenvalue weighted by Gasteiger charge is 2.22. The molecule has 4 rings (SSSR count). The number of hydrogen-bond acceptors (Lipinski definition) is 5. The van der Waals surface area contributed by atoms with Crippen molar-refractivity contribution in [1.29, 1.82) is 0 Å². The van der Waals surface area contributed by atoms with Gasteiger partial charge in [0.15, 0.2) is 9.84 Å². The lowest BCUT2D eigenvalue weighted by atomic mass is 9.91. The molecule has 1 unspecified atom stereocenters. The van der Waals surface area contributed by atoms with Gasteiger partial charge in [-0.1, -0.05) is 48.5 Å². The fourth-order valence-corrected chi connectivity index (χ4v) is 4.48. The smallest absolute Gasteiger partial charge is 0.271 e. The maximum atomic E-state index is 12.9. The number of aromatic nitrogens is 1. The summed E-state index contributed by atoms with van der Waals surface area (Å²) >= 11 is 0. The van der Waals surface area contributed by atoms with E-state index >= 15 is 0 Å². The van der Waals surface area contributed by atoms with Crippen LogP contribution in [0, 0.1) is 10.1 Å². The summed E-state index contributed by atoms with van der Waals surface area (Å²) in [6.45, 7) is 0.210. The second-order valence-electron chi connectivity index (χ2n) is 7.71. The number of hydrogen-bond donors (Lipinski definition) is 2. The molecule has 8 nitrogen and oxygen atoms in total. The number of para-hydroxylation sites is 1. The second kappa shape index (κ2) is 8.87. The van der Waals surface area contributed by atoms with Crippen molar-refractivity contribution in [3.05, 3.63) is 106 Å². The Morgan fingerprint density at radius 1 is 1.06 bits per heavy atom. The van der Waals surface area contributed by atoms with E-state index in [1.807, 2.05) is 60.8 Å². The first-order valence-corrected chi connectivity index (χ1v) is 12.0. The minimum atomic E-state index is -3.74. The van der Waals surface area contributed by atoms with Gasteiger partial charge in [0, 0.05) is 53.5 Å². The topological polar surface area (TPSA) is 122 Å². The molecule has 0 saturated heterocycles. The van der Waals surface area contributed by atoms with Gasteiger partial charge < -0.3 is 10.3 Å². The monoisotopic (exact) mass is 463 g/mol. The molecule has 33 heavy (non-hydrogen) atoms. The van der Waals surface area contributed by atoms with Crippen LogP contribution in [0.4, 0.5) is 5.69 Å². The standard InChI is InChI=1S/C24H21N3O5S/c1-33(31,32)19-12-17(11-18(13-19)27(29)30)24(28)26-14-21(16-7-3-2-4-8-16)22-15-25-23-10-6-5-9-20(22)23/h2-13,15,21,25H,14H2,1H3,(H,26,28). The predicted molar refractivity (Wildman–Crippen MR) is 125 cm³/mol. The average Bonchev–Trinajstić information content (AvgIpc) is 3.23. The highest BCUT2D eigenvalue weighted by Crippen LogP contribution is 2.30. The van der Waals surface area contributed by atoms with E-state index in [-0.39, 0.29) is 22.9 Å². The molecule has 0 bridgehead atoms. The van der Waals surface area contributed by atoms with E-state index < -0.39 is 26.4 Å². The molecule has 4 aromatic rings. The van der Waals surface area contributed by atoms with Crippen molar-refractivity contribution in [2.75, 3.05) is 12.8 Å². The zero-order valence-electron chi connectivity index (χ0n) is 17.7. The molecule has 0 fully saturated rings. The van der Waals surface area contributed by atoms with Crippen LogP contribution in [0.5, 0.6) is 0 Å². The number of non-ortho nitro benzene ring substituents is 1. The molecule has 1 aromatic heterocycles. The maximum absolute atomic E-state index is 12.9. The lowest BCUT2D eigenvalue weighted by Crippen LogP contribution is -2.29. The van der Waals surface area contributed by atoms with E-state index in [1.54, 1.807) is 0 Å². The third-order valence-corrected chi connectivity index (χ3v) is 6.55. The zero-order valence-corrected chi connectivity index (χ0v) is 18.5. The molecule has 168 valence electrons. The van der Waals surface area contributed by atoms with Crippen LogP contribution in [0.15, 0.2) is 83.9 Å². The molecular formula is C24H21N3O5S. The van der Waals surface area contributed by atoms with Gasteiger partial charge in [0.05, 0.1) is 9.82 Å². The molecule has 0 aliphatic heterocycles. The summed E-state index contributed by atoms with van der Waals surface area (Å²) in [7, 11) is -3.74. The predicted octanol–water partition coefficient (Wildman–Crippen LogP) is 4.04. The van der Waals surface area contributed by atoms with E-state index in [0.29, 0.717) is 0 Å². The average molecular weight is 464 g/mol. The first-order chi connectivity index (χ1) is 15.7. The van der Waals surface area contributed by atoms with Gasteiger partial charge in [-0.2, -0.15) is 0 Å². The number of nitrogens with zero attached hydrogens (tertiary/aromatic N) is 1. The van der Waals surface area contributed by atoms with Crippen LogP contribution in [-0.2, 0) is 9.84 Å². The Kier molecular flexibility index (Phi) is 5.97. The minimum absolute atomic E-state index is 0.0876. The number of amides is 1. The number of aromatic amines is 1. The summed E-state index contributed by atoms with van der Waals surface area (Å²) in [5.74, 6) is -0.788. The number of nitro groups is 1. The molecule has 0 spiro atoms. The van der Waals surface area contributed by atoms with Gasteiger partial charge in [-0.25, -0.2) is 8.42 Å². The van der Waals surface area contributed by atoms with E-state index in [2.05, 4.69) is 10.3 Å². The largest absolute Gasteiger partial charge is 0.361 e. The lowest BCUT2D eigenvalue weighted by molar-refractivity contribution is -0.385. The molecule has 1 amide bonds. The molecule has 0 aliphatic carbocycles. The molecule has 1 atom stereocenters. The van der Waals surface area contributed by atoms with Crippen LogP contribution in [0.25, 0.3) is 10.9 Å². The van der Waals surface area contributed by atoms with Crippen LogP contribution in [-0.4, -0.2) is 37.0 Å². The molecule has 2 N–H and O–H groups in total. The van der Waals surface area contributed by atoms with Gasteiger partial charge in [0.1, 0.15) is 0 Å². The van der Waals surface area contributed by atoms with Crippen LogP contribution in [0.3, 0.4) is 0 Å². The van der Waals surface area contributed by atoms with Gasteiger partial charge in [-0.3, -0.25) is 14.9 Å². The molecular weight excluding hydrogens is 442 g/mol. The highest BCUT2D eigenvalue weighted by molar-refractivity contribution is 7.90. The Balaban J connectivity index is 1.67. The Hall–Kier alpha value is -3.98. The Bertz CT molecular complexity index is 1450. The summed E-state index contributed by atoms with van der Waals surface area (Å²) in [5.41, 5.74) is 2.40. The molecule has 0 saturated carbocycles. The number of sulfone groups is 1. The van der Waals surface area contributed by atoms with Crippen molar-refractivity contribution < 1.29 is 18.1 Å². The fraction of sp³-hybridized carbons (Fsp3) is 0.125. The first kappa shape index (κ1) is 22.2. The number of H-pyrrole nitrogens is 1. The number of fused-ring (bicyclic) bond motifs is 1. The van der Waals surface area contributed by atoms with Gasteiger partial charge in [0.2, 0.25) is 0 Å². The van der Waals surface area contributed by atoms with E-state index in [1.165, 1.54) is 0 Å². The number of benzene rings is 3. The van der Waals surface area contributed by atoms with Gasteiger partial charge in [-0.15, -0.1) is 0 Å². The summed E-state index contributed by atoms with van der Waals surface area (Å²) in [6.07, 6.45) is 2.85. The van der Waals surface area contributed by atoms with Crippen molar-refractivity contribution in [3.8, 4) is 0 Å². The molecule has 0 radical (unpaired) electrons. The fourth-order valence-electron chi connectivity index (χ4n) is 3.81. The molecule has 3 aromatic carbocycles. The van der Waals surface area contributed by atoms with Gasteiger partial charge in [0.25, 0.3) is 11.6 Å². The lowest BCUT2D eigenvalue weighted by Gasteiger charge is -2.18. The van der Waals surface area contributed by atoms with Crippen LogP contribution in [0.2, 0.25) is 0 Å². The quantitative estimate of drug-likeness (QED) is 0.316. The highest BCUT2D eigenvalue weighted by atomic mass is 32.2. The number of carbonyl (C=O) groups excluding carboxylic acids is 1. The van der Waals surface area contributed by atoms with E-state index in [9.17, 15) is 23.3 Å². The van der Waals surface area contributed by atoms with Crippen LogP contribution in [0.1, 0.15) is 27.4 Å². The van der Waals surface area contributed by atoms with Crippen molar-refractivity contribution in [2.24, 2.45) is 0 Å². The Morgan fingerprint density at radius 2 is 1.76 bits per heavy atom. The summed E-state index contributed by atoms with van der Waals surface area (Å²) in [5, 5.41) is 15.1. The van der Waals surface area contributed by atoms with E-state index in [0.717, 1.165) is 46.5 Å². The number of carbonyl (C=O) groups is 1. The molecule has 9 heteroatoms. The normalized spacial score (nSPS) is 12.4. The SMILES string of the molecule is CS(=O)(=O)c1cc(C(=O)NCC(c2ccccc2)c2c[nH]c3ccccc23)cc([N+](=O)[O-])c1. The summed E-state index contributed by atoms with van der Waals surface area (Å²) in [6, 6.07) is 20.7. The van der Waals surface area contributed by atoms with Crippen LogP contribution < -0.4 is 5.32 Å². The van der Waals surface area contributed by atoms with E-state index in [4.69, 9.17) is 0 Å². The minimum Gasteiger partial charge on any atom is -0.361 e. The number of nitro benzene ring substituents is 1. The van der Waals surface area contributed by atoms with Crippen molar-refractivity contribution in [1.82, 2.24) is 10.3 Å². The summed E-state index contributed by atoms with van der Waals surface area (Å²) < 4.78 is 23.9. The number of nitrogens with one attached hydrogen (secondary N) is 2. The Morgan fingerprint density at radius 3 is 2.45 bits per heavy atom.